The molecule has 0 spiro atoms. The largest absolute Gasteiger partial charge is 0.299 e. The zero-order chi connectivity index (χ0) is 13.0. The predicted molar refractivity (Wildman–Crippen MR) is 73.7 cm³/mol. The van der Waals surface area contributed by atoms with Crippen LogP contribution in [0.2, 0.25) is 0 Å². The van der Waals surface area contributed by atoms with E-state index < -0.39 is 0 Å². The lowest BCUT2D eigenvalue weighted by atomic mass is 10.1. The Morgan fingerprint density at radius 1 is 1.22 bits per heavy atom. The van der Waals surface area contributed by atoms with Crippen LogP contribution in [-0.2, 0) is 0 Å². The highest BCUT2D eigenvalue weighted by atomic mass is 16.3. The Balaban J connectivity index is 2.24. The van der Waals surface area contributed by atoms with Gasteiger partial charge in [0.1, 0.15) is 11.4 Å². The van der Waals surface area contributed by atoms with E-state index in [1.807, 2.05) is 6.92 Å². The number of hydrazone groups is 1. The molecule has 1 aromatic rings. The summed E-state index contributed by atoms with van der Waals surface area (Å²) in [5.74, 6) is 0. The summed E-state index contributed by atoms with van der Waals surface area (Å²) in [6.07, 6.45) is 6.94. The third-order valence-corrected chi connectivity index (χ3v) is 2.45. The fraction of sp³-hybridized carbons (Fsp3) is 0.0769. The smallest absolute Gasteiger partial charge is 0.132 e. The second-order valence-corrected chi connectivity index (χ2v) is 3.85. The molecule has 0 aliphatic heterocycles. The Hall–Kier alpha value is -2.56. The molecule has 1 aromatic carbocycles. The molecule has 0 saturated carbocycles. The van der Waals surface area contributed by atoms with Gasteiger partial charge < -0.3 is 0 Å². The van der Waals surface area contributed by atoms with E-state index in [0.717, 1.165) is 5.56 Å². The number of hydrogen-bond donors (Lipinski definition) is 2. The number of rotatable bonds is 3. The normalized spacial score (nSPS) is 16.1. The van der Waals surface area contributed by atoms with Crippen molar-refractivity contribution >= 4 is 22.8 Å². The molecule has 0 atom stereocenters. The van der Waals surface area contributed by atoms with Crippen molar-refractivity contribution in [3.63, 3.8) is 0 Å². The molecule has 1 aliphatic rings. The molecule has 0 bridgehead atoms. The quantitative estimate of drug-likeness (QED) is 0.483. The maximum Gasteiger partial charge on any atom is 0.132 e. The molecule has 2 N–H and O–H groups in total. The lowest BCUT2D eigenvalue weighted by Crippen LogP contribution is -2.11. The highest BCUT2D eigenvalue weighted by Crippen LogP contribution is 2.25. The van der Waals surface area contributed by atoms with Crippen LogP contribution in [0.15, 0.2) is 52.8 Å². The van der Waals surface area contributed by atoms with Crippen LogP contribution in [0.3, 0.4) is 0 Å². The fourth-order valence-electron chi connectivity index (χ4n) is 1.51. The molecule has 0 aromatic heterocycles. The number of aryl methyl sites for hydroxylation is 1. The second kappa shape index (κ2) is 5.18. The molecule has 0 amide bonds. The number of anilines is 1. The Morgan fingerprint density at radius 3 is 2.72 bits per heavy atom. The van der Waals surface area contributed by atoms with Crippen LogP contribution < -0.4 is 5.43 Å². The maximum absolute atomic E-state index is 10.6. The number of nitrogens with zero attached hydrogens (tertiary/aromatic N) is 2. The first-order chi connectivity index (χ1) is 8.70. The van der Waals surface area contributed by atoms with E-state index in [9.17, 15) is 4.91 Å². The molecule has 0 saturated heterocycles. The number of allylic oxidation sites excluding steroid dienone is 4. The minimum Gasteiger partial charge on any atom is -0.299 e. The van der Waals surface area contributed by atoms with Gasteiger partial charge >= 0.3 is 0 Å². The second-order valence-electron chi connectivity index (χ2n) is 3.85. The standard InChI is InChI=1S/C13H12N4O/c1-9-6-7-12(17-18)13(8-9)16-15-11-5-3-2-4-10(11)14/h2-8,14,16H,1H3/b14-10?,15-11-. The van der Waals surface area contributed by atoms with Gasteiger partial charge in [0, 0.05) is 0 Å². The van der Waals surface area contributed by atoms with Crippen LogP contribution in [0, 0.1) is 17.2 Å². The minimum atomic E-state index is 0.298. The average Bonchev–Trinajstić information content (AvgIpc) is 2.38. The summed E-state index contributed by atoms with van der Waals surface area (Å²) in [4.78, 5) is 10.6. The topological polar surface area (TPSA) is 77.7 Å². The fourth-order valence-corrected chi connectivity index (χ4v) is 1.51. The van der Waals surface area contributed by atoms with Crippen LogP contribution in [0.4, 0.5) is 11.4 Å². The zero-order valence-corrected chi connectivity index (χ0v) is 9.84. The molecule has 1 aliphatic carbocycles. The summed E-state index contributed by atoms with van der Waals surface area (Å²) < 4.78 is 0. The Morgan fingerprint density at radius 2 is 2.00 bits per heavy atom. The van der Waals surface area contributed by atoms with Crippen molar-refractivity contribution in [3.05, 3.63) is 53.0 Å². The summed E-state index contributed by atoms with van der Waals surface area (Å²) in [7, 11) is 0. The molecule has 5 nitrogen and oxygen atoms in total. The molecule has 2 rings (SSSR count). The molecule has 0 unspecified atom stereocenters. The van der Waals surface area contributed by atoms with E-state index in [0.29, 0.717) is 22.8 Å². The molecule has 0 radical (unpaired) electrons. The van der Waals surface area contributed by atoms with Crippen LogP contribution in [-0.4, -0.2) is 11.4 Å². The lowest BCUT2D eigenvalue weighted by molar-refractivity contribution is 1.31. The minimum absolute atomic E-state index is 0.298. The molecular formula is C13H12N4O. The first kappa shape index (κ1) is 11.9. The van der Waals surface area contributed by atoms with Crippen molar-refractivity contribution in [1.82, 2.24) is 0 Å². The van der Waals surface area contributed by atoms with Gasteiger partial charge in [-0.05, 0) is 41.9 Å². The number of nitrogens with one attached hydrogen (secondary N) is 2. The van der Waals surface area contributed by atoms with Crippen molar-refractivity contribution in [2.75, 3.05) is 5.43 Å². The summed E-state index contributed by atoms with van der Waals surface area (Å²) in [5, 5.41) is 14.7. The Kier molecular flexibility index (Phi) is 3.43. The van der Waals surface area contributed by atoms with Crippen LogP contribution in [0.25, 0.3) is 0 Å². The monoisotopic (exact) mass is 240 g/mol. The van der Waals surface area contributed by atoms with Crippen LogP contribution in [0.1, 0.15) is 5.56 Å². The lowest BCUT2D eigenvalue weighted by Gasteiger charge is -2.07. The van der Waals surface area contributed by atoms with Gasteiger partial charge in [-0.15, -0.1) is 4.91 Å². The van der Waals surface area contributed by atoms with Gasteiger partial charge in [0.05, 0.1) is 11.4 Å². The van der Waals surface area contributed by atoms with Crippen molar-refractivity contribution in [2.24, 2.45) is 10.3 Å². The summed E-state index contributed by atoms with van der Waals surface area (Å²) in [6, 6.07) is 5.22. The van der Waals surface area contributed by atoms with Crippen molar-refractivity contribution < 1.29 is 0 Å². The number of nitroso groups, excluding NO2 is 1. The van der Waals surface area contributed by atoms with E-state index in [1.54, 1.807) is 42.5 Å². The van der Waals surface area contributed by atoms with Gasteiger partial charge in [-0.25, -0.2) is 0 Å². The predicted octanol–water partition coefficient (Wildman–Crippen LogP) is 3.31. The van der Waals surface area contributed by atoms with E-state index >= 15 is 0 Å². The summed E-state index contributed by atoms with van der Waals surface area (Å²) in [6.45, 7) is 1.91. The highest BCUT2D eigenvalue weighted by molar-refractivity contribution is 6.50. The highest BCUT2D eigenvalue weighted by Gasteiger charge is 2.05. The van der Waals surface area contributed by atoms with Gasteiger partial charge in [0.25, 0.3) is 0 Å². The molecule has 0 heterocycles. The van der Waals surface area contributed by atoms with E-state index in [2.05, 4.69) is 15.7 Å². The maximum atomic E-state index is 10.6. The van der Waals surface area contributed by atoms with Gasteiger partial charge in [-0.3, -0.25) is 10.8 Å². The molecule has 90 valence electrons. The first-order valence-corrected chi connectivity index (χ1v) is 5.42. The van der Waals surface area contributed by atoms with Gasteiger partial charge in [0.2, 0.25) is 0 Å². The number of hydrogen-bond acceptors (Lipinski definition) is 5. The van der Waals surface area contributed by atoms with Crippen LogP contribution in [0.5, 0.6) is 0 Å². The van der Waals surface area contributed by atoms with E-state index in [1.165, 1.54) is 0 Å². The third-order valence-electron chi connectivity index (χ3n) is 2.45. The number of benzene rings is 1. The molecule has 18 heavy (non-hydrogen) atoms. The SMILES string of the molecule is Cc1ccc(N=O)c(N/N=C2/C=CC=CC2=N)c1. The van der Waals surface area contributed by atoms with Crippen molar-refractivity contribution in [2.45, 2.75) is 6.92 Å². The van der Waals surface area contributed by atoms with E-state index in [-0.39, 0.29) is 0 Å². The van der Waals surface area contributed by atoms with Crippen molar-refractivity contribution in [3.8, 4) is 0 Å². The Bertz CT molecular complexity index is 585. The first-order valence-electron chi connectivity index (χ1n) is 5.42. The molecule has 5 heteroatoms. The van der Waals surface area contributed by atoms with Crippen LogP contribution >= 0.6 is 0 Å². The van der Waals surface area contributed by atoms with Gasteiger partial charge in [-0.1, -0.05) is 18.2 Å². The summed E-state index contributed by atoms with van der Waals surface area (Å²) in [5.41, 5.74) is 5.43. The Labute approximate surface area is 104 Å². The van der Waals surface area contributed by atoms with Gasteiger partial charge in [0.15, 0.2) is 0 Å². The van der Waals surface area contributed by atoms with Crippen molar-refractivity contribution in [1.29, 1.82) is 5.41 Å². The average molecular weight is 240 g/mol. The molecular weight excluding hydrogens is 228 g/mol. The van der Waals surface area contributed by atoms with E-state index in [4.69, 9.17) is 5.41 Å². The zero-order valence-electron chi connectivity index (χ0n) is 9.84. The summed E-state index contributed by atoms with van der Waals surface area (Å²) >= 11 is 0. The third kappa shape index (κ3) is 2.57. The molecule has 0 fully saturated rings. The van der Waals surface area contributed by atoms with Gasteiger partial charge in [-0.2, -0.15) is 5.10 Å².